The minimum Gasteiger partial charge on any atom is -0.494 e. The van der Waals surface area contributed by atoms with E-state index >= 15 is 0 Å². The van der Waals surface area contributed by atoms with Gasteiger partial charge in [0, 0.05) is 22.7 Å². The lowest BCUT2D eigenvalue weighted by molar-refractivity contribution is 0.402. The van der Waals surface area contributed by atoms with Gasteiger partial charge in [-0.2, -0.15) is 0 Å². The van der Waals surface area contributed by atoms with Gasteiger partial charge in [-0.25, -0.2) is 0 Å². The van der Waals surface area contributed by atoms with Crippen molar-refractivity contribution < 1.29 is 10.2 Å². The predicted molar refractivity (Wildman–Crippen MR) is 57.9 cm³/mol. The van der Waals surface area contributed by atoms with E-state index in [-0.39, 0.29) is 11.8 Å². The van der Waals surface area contributed by atoms with Gasteiger partial charge >= 0.3 is 0 Å². The van der Waals surface area contributed by atoms with Crippen molar-refractivity contribution in [2.24, 2.45) is 5.11 Å². The molecule has 1 aromatic carbocycles. The van der Waals surface area contributed by atoms with Gasteiger partial charge in [0.05, 0.1) is 5.69 Å². The van der Waals surface area contributed by atoms with Gasteiger partial charge < -0.3 is 10.2 Å². The summed E-state index contributed by atoms with van der Waals surface area (Å²) in [5.74, 6) is -0.175. The summed E-state index contributed by atoms with van der Waals surface area (Å²) in [5.41, 5.74) is 9.23. The van der Waals surface area contributed by atoms with Gasteiger partial charge in [0.15, 0.2) is 11.8 Å². The summed E-state index contributed by atoms with van der Waals surface area (Å²) in [5, 5.41) is 22.5. The minimum absolute atomic E-state index is 0.0874. The molecular weight excluding hydrogens is 208 g/mol. The van der Waals surface area contributed by atoms with Crippen LogP contribution >= 0.6 is 0 Å². The first kappa shape index (κ1) is 9.95. The Morgan fingerprint density at radius 1 is 1.12 bits per heavy atom. The van der Waals surface area contributed by atoms with E-state index in [0.717, 1.165) is 0 Å². The molecule has 0 atom stereocenters. The van der Waals surface area contributed by atoms with E-state index in [1.807, 2.05) is 0 Å². The van der Waals surface area contributed by atoms with Crippen LogP contribution in [-0.2, 0) is 0 Å². The zero-order valence-corrected chi connectivity index (χ0v) is 8.15. The average Bonchev–Trinajstić information content (AvgIpc) is 2.59. The summed E-state index contributed by atoms with van der Waals surface area (Å²) < 4.78 is 1.23. The first-order valence-corrected chi connectivity index (χ1v) is 4.47. The molecule has 1 heterocycles. The second-order valence-corrected chi connectivity index (χ2v) is 3.09. The summed E-state index contributed by atoms with van der Waals surface area (Å²) in [6.07, 6.45) is 0. The lowest BCUT2D eigenvalue weighted by atomic mass is 10.3. The standard InChI is InChI=1S/C10H8N4O2/c11-13-12-7-2-1-3-8(6-7)14-9(15)4-5-10(14)16/h1-6,15-16H. The van der Waals surface area contributed by atoms with Gasteiger partial charge in [0.1, 0.15) is 0 Å². The second-order valence-electron chi connectivity index (χ2n) is 3.09. The van der Waals surface area contributed by atoms with Gasteiger partial charge in [-0.05, 0) is 17.7 Å². The number of nitrogens with zero attached hydrogens (tertiary/aromatic N) is 4. The van der Waals surface area contributed by atoms with Gasteiger partial charge in [0.25, 0.3) is 0 Å². The van der Waals surface area contributed by atoms with E-state index in [0.29, 0.717) is 11.4 Å². The van der Waals surface area contributed by atoms with Gasteiger partial charge in [-0.15, -0.1) is 0 Å². The highest BCUT2D eigenvalue weighted by molar-refractivity contribution is 5.50. The maximum Gasteiger partial charge on any atom is 0.198 e. The van der Waals surface area contributed by atoms with E-state index < -0.39 is 0 Å². The third kappa shape index (κ3) is 1.65. The quantitative estimate of drug-likeness (QED) is 0.458. The Morgan fingerprint density at radius 2 is 1.81 bits per heavy atom. The summed E-state index contributed by atoms with van der Waals surface area (Å²) >= 11 is 0. The zero-order chi connectivity index (χ0) is 11.5. The van der Waals surface area contributed by atoms with E-state index in [9.17, 15) is 10.2 Å². The van der Waals surface area contributed by atoms with Crippen molar-refractivity contribution in [3.63, 3.8) is 0 Å². The average molecular weight is 216 g/mol. The molecule has 1 aromatic heterocycles. The molecule has 0 radical (unpaired) electrons. The highest BCUT2D eigenvalue weighted by atomic mass is 16.3. The summed E-state index contributed by atoms with van der Waals surface area (Å²) in [7, 11) is 0. The van der Waals surface area contributed by atoms with Crippen molar-refractivity contribution in [2.45, 2.75) is 0 Å². The molecule has 2 aromatic rings. The van der Waals surface area contributed by atoms with Crippen molar-refractivity contribution >= 4 is 5.69 Å². The molecule has 0 bridgehead atoms. The van der Waals surface area contributed by atoms with E-state index in [4.69, 9.17) is 5.53 Å². The normalized spacial score (nSPS) is 9.75. The summed E-state index contributed by atoms with van der Waals surface area (Å²) in [6, 6.07) is 9.26. The number of rotatable bonds is 2. The fourth-order valence-corrected chi connectivity index (χ4v) is 1.43. The van der Waals surface area contributed by atoms with Crippen LogP contribution in [-0.4, -0.2) is 14.8 Å². The maximum atomic E-state index is 9.51. The first-order chi connectivity index (χ1) is 7.72. The molecule has 0 fully saturated rings. The van der Waals surface area contributed by atoms with Crippen LogP contribution in [0.3, 0.4) is 0 Å². The number of aromatic nitrogens is 1. The van der Waals surface area contributed by atoms with Crippen LogP contribution in [0.25, 0.3) is 16.1 Å². The Morgan fingerprint density at radius 3 is 2.44 bits per heavy atom. The molecule has 0 saturated heterocycles. The van der Waals surface area contributed by atoms with Crippen molar-refractivity contribution in [3.8, 4) is 17.4 Å². The van der Waals surface area contributed by atoms with Crippen molar-refractivity contribution in [3.05, 3.63) is 46.8 Å². The molecule has 0 aliphatic rings. The van der Waals surface area contributed by atoms with Crippen molar-refractivity contribution in [2.75, 3.05) is 0 Å². The molecule has 0 aliphatic carbocycles. The fraction of sp³-hybridized carbons (Fsp3) is 0. The van der Waals surface area contributed by atoms with Gasteiger partial charge in [0.2, 0.25) is 0 Å². The highest BCUT2D eigenvalue weighted by Crippen LogP contribution is 2.28. The largest absolute Gasteiger partial charge is 0.494 e. The molecule has 0 saturated carbocycles. The van der Waals surface area contributed by atoms with Gasteiger partial charge in [-0.3, -0.25) is 4.57 Å². The Labute approximate surface area is 90.6 Å². The smallest absolute Gasteiger partial charge is 0.198 e. The number of hydrogen-bond acceptors (Lipinski definition) is 3. The molecular formula is C10H8N4O2. The number of aromatic hydroxyl groups is 2. The first-order valence-electron chi connectivity index (χ1n) is 4.47. The molecule has 2 N–H and O–H groups in total. The lowest BCUT2D eigenvalue weighted by Crippen LogP contribution is -1.91. The van der Waals surface area contributed by atoms with Crippen molar-refractivity contribution in [1.29, 1.82) is 0 Å². The van der Waals surface area contributed by atoms with E-state index in [2.05, 4.69) is 10.0 Å². The molecule has 0 unspecified atom stereocenters. The molecule has 16 heavy (non-hydrogen) atoms. The molecule has 6 nitrogen and oxygen atoms in total. The molecule has 6 heteroatoms. The third-order valence-corrected chi connectivity index (χ3v) is 2.09. The maximum absolute atomic E-state index is 9.51. The summed E-state index contributed by atoms with van der Waals surface area (Å²) in [6.45, 7) is 0. The van der Waals surface area contributed by atoms with Crippen LogP contribution in [0.1, 0.15) is 0 Å². The summed E-state index contributed by atoms with van der Waals surface area (Å²) in [4.78, 5) is 2.66. The predicted octanol–water partition coefficient (Wildman–Crippen LogP) is 2.83. The topological polar surface area (TPSA) is 94.2 Å². The van der Waals surface area contributed by atoms with Crippen LogP contribution in [0.5, 0.6) is 11.8 Å². The van der Waals surface area contributed by atoms with Crippen LogP contribution in [0, 0.1) is 0 Å². The Balaban J connectivity index is 2.56. The third-order valence-electron chi connectivity index (χ3n) is 2.09. The fourth-order valence-electron chi connectivity index (χ4n) is 1.43. The SMILES string of the molecule is [N-]=[N+]=Nc1cccc(-n2c(O)ccc2O)c1. The minimum atomic E-state index is -0.0874. The zero-order valence-electron chi connectivity index (χ0n) is 8.15. The van der Waals surface area contributed by atoms with E-state index in [1.54, 1.807) is 24.3 Å². The van der Waals surface area contributed by atoms with Gasteiger partial charge in [-0.1, -0.05) is 17.2 Å². The number of hydrogen-bond donors (Lipinski definition) is 2. The van der Waals surface area contributed by atoms with Crippen LogP contribution in [0.15, 0.2) is 41.5 Å². The second kappa shape index (κ2) is 3.88. The Hall–Kier alpha value is -2.59. The van der Waals surface area contributed by atoms with Crippen LogP contribution in [0.4, 0.5) is 5.69 Å². The molecule has 80 valence electrons. The number of benzene rings is 1. The van der Waals surface area contributed by atoms with Crippen LogP contribution in [0.2, 0.25) is 0 Å². The monoisotopic (exact) mass is 216 g/mol. The molecule has 0 aliphatic heterocycles. The Kier molecular flexibility index (Phi) is 2.41. The number of azide groups is 1. The lowest BCUT2D eigenvalue weighted by Gasteiger charge is -2.06. The van der Waals surface area contributed by atoms with Crippen molar-refractivity contribution in [1.82, 2.24) is 4.57 Å². The van der Waals surface area contributed by atoms with Crippen LogP contribution < -0.4 is 0 Å². The molecule has 0 amide bonds. The molecule has 0 spiro atoms. The molecule has 2 rings (SSSR count). The Bertz CT molecular complexity index is 550. The highest BCUT2D eigenvalue weighted by Gasteiger charge is 2.07. The van der Waals surface area contributed by atoms with E-state index in [1.165, 1.54) is 16.7 Å².